The topological polar surface area (TPSA) is 12.0 Å². The van der Waals surface area contributed by atoms with Crippen molar-refractivity contribution in [2.45, 2.75) is 44.1 Å². The fourth-order valence-electron chi connectivity index (χ4n) is 3.17. The highest BCUT2D eigenvalue weighted by Crippen LogP contribution is 2.51. The third-order valence-electron chi connectivity index (χ3n) is 4.47. The molecule has 0 amide bonds. The van der Waals surface area contributed by atoms with E-state index in [9.17, 15) is 0 Å². The van der Waals surface area contributed by atoms with Crippen molar-refractivity contribution in [3.05, 3.63) is 58.3 Å². The van der Waals surface area contributed by atoms with E-state index in [1.165, 1.54) is 30.4 Å². The summed E-state index contributed by atoms with van der Waals surface area (Å²) in [6.07, 6.45) is 4.99. The molecule has 1 fully saturated rings. The van der Waals surface area contributed by atoms with Gasteiger partial charge in [-0.1, -0.05) is 37.3 Å². The van der Waals surface area contributed by atoms with Crippen LogP contribution in [0.15, 0.2) is 47.2 Å². The molecule has 1 aromatic heterocycles. The average molecular weight is 285 g/mol. The lowest BCUT2D eigenvalue weighted by Gasteiger charge is -2.28. The lowest BCUT2D eigenvalue weighted by molar-refractivity contribution is 0.413. The molecule has 1 heterocycles. The Labute approximate surface area is 126 Å². The average Bonchev–Trinajstić information content (AvgIpc) is 3.15. The SMILES string of the molecule is CCCNC(Cc1ccsc1)C1(c2ccccc2)CC1. The molecular weight excluding hydrogens is 262 g/mol. The molecule has 1 saturated carbocycles. The van der Waals surface area contributed by atoms with E-state index >= 15 is 0 Å². The zero-order valence-corrected chi connectivity index (χ0v) is 13.0. The molecule has 1 aliphatic carbocycles. The molecule has 0 aliphatic heterocycles. The van der Waals surface area contributed by atoms with Crippen LogP contribution in [0, 0.1) is 0 Å². The maximum absolute atomic E-state index is 3.81. The summed E-state index contributed by atoms with van der Waals surface area (Å²) in [4.78, 5) is 0. The molecule has 20 heavy (non-hydrogen) atoms. The van der Waals surface area contributed by atoms with Gasteiger partial charge in [0.15, 0.2) is 0 Å². The Morgan fingerprint density at radius 2 is 2.00 bits per heavy atom. The van der Waals surface area contributed by atoms with E-state index in [4.69, 9.17) is 0 Å². The van der Waals surface area contributed by atoms with Crippen molar-refractivity contribution in [3.8, 4) is 0 Å². The van der Waals surface area contributed by atoms with Crippen LogP contribution in [0.5, 0.6) is 0 Å². The van der Waals surface area contributed by atoms with E-state index in [1.54, 1.807) is 11.3 Å². The van der Waals surface area contributed by atoms with Gasteiger partial charge in [-0.15, -0.1) is 0 Å². The first-order valence-electron chi connectivity index (χ1n) is 7.65. The molecule has 3 rings (SSSR count). The molecule has 1 aliphatic rings. The first kappa shape index (κ1) is 13.8. The predicted octanol–water partition coefficient (Wildman–Crippen LogP) is 4.39. The first-order chi connectivity index (χ1) is 9.85. The van der Waals surface area contributed by atoms with Crippen LogP contribution in [-0.4, -0.2) is 12.6 Å². The summed E-state index contributed by atoms with van der Waals surface area (Å²) < 4.78 is 0. The van der Waals surface area contributed by atoms with Crippen LogP contribution in [0.2, 0.25) is 0 Å². The number of nitrogens with one attached hydrogen (secondary N) is 1. The third kappa shape index (κ3) is 2.82. The van der Waals surface area contributed by atoms with E-state index in [2.05, 4.69) is 59.4 Å². The quantitative estimate of drug-likeness (QED) is 0.795. The van der Waals surface area contributed by atoms with Gasteiger partial charge in [0, 0.05) is 11.5 Å². The summed E-state index contributed by atoms with van der Waals surface area (Å²) >= 11 is 1.80. The van der Waals surface area contributed by atoms with Gasteiger partial charge in [-0.25, -0.2) is 0 Å². The lowest BCUT2D eigenvalue weighted by Crippen LogP contribution is -2.42. The van der Waals surface area contributed by atoms with E-state index in [1.807, 2.05) is 0 Å². The third-order valence-corrected chi connectivity index (χ3v) is 5.20. The monoisotopic (exact) mass is 285 g/mol. The van der Waals surface area contributed by atoms with Gasteiger partial charge in [0.1, 0.15) is 0 Å². The zero-order chi connectivity index (χ0) is 13.8. The molecule has 0 saturated heterocycles. The van der Waals surface area contributed by atoms with Crippen LogP contribution in [0.1, 0.15) is 37.3 Å². The highest BCUT2D eigenvalue weighted by atomic mass is 32.1. The fraction of sp³-hybridized carbons (Fsp3) is 0.444. The Hall–Kier alpha value is -1.12. The summed E-state index contributed by atoms with van der Waals surface area (Å²) in [5.41, 5.74) is 3.37. The lowest BCUT2D eigenvalue weighted by atomic mass is 9.85. The van der Waals surface area contributed by atoms with Crippen molar-refractivity contribution in [1.82, 2.24) is 5.32 Å². The summed E-state index contributed by atoms with van der Waals surface area (Å²) in [5.74, 6) is 0. The zero-order valence-electron chi connectivity index (χ0n) is 12.1. The molecule has 0 radical (unpaired) electrons. The highest BCUT2D eigenvalue weighted by Gasteiger charge is 2.50. The van der Waals surface area contributed by atoms with Crippen LogP contribution in [0.3, 0.4) is 0 Å². The van der Waals surface area contributed by atoms with E-state index < -0.39 is 0 Å². The normalized spacial score (nSPS) is 17.9. The van der Waals surface area contributed by atoms with Crippen molar-refractivity contribution >= 4 is 11.3 Å². The molecule has 2 aromatic rings. The van der Waals surface area contributed by atoms with Crippen molar-refractivity contribution in [2.75, 3.05) is 6.54 Å². The molecule has 1 atom stereocenters. The van der Waals surface area contributed by atoms with Gasteiger partial charge in [0.25, 0.3) is 0 Å². The molecule has 1 aromatic carbocycles. The van der Waals surface area contributed by atoms with Crippen LogP contribution in [-0.2, 0) is 11.8 Å². The molecule has 0 spiro atoms. The highest BCUT2D eigenvalue weighted by molar-refractivity contribution is 7.07. The second-order valence-electron chi connectivity index (χ2n) is 5.86. The maximum Gasteiger partial charge on any atom is 0.0205 e. The summed E-state index contributed by atoms with van der Waals surface area (Å²) in [6.45, 7) is 3.36. The number of hydrogen-bond acceptors (Lipinski definition) is 2. The summed E-state index contributed by atoms with van der Waals surface area (Å²) in [6, 6.07) is 13.9. The molecule has 1 nitrogen and oxygen atoms in total. The first-order valence-corrected chi connectivity index (χ1v) is 8.59. The Morgan fingerprint density at radius 1 is 1.20 bits per heavy atom. The number of rotatable bonds is 7. The fourth-order valence-corrected chi connectivity index (χ4v) is 3.85. The second-order valence-corrected chi connectivity index (χ2v) is 6.64. The number of benzene rings is 1. The largest absolute Gasteiger partial charge is 0.313 e. The molecular formula is C18H23NS. The molecule has 2 heteroatoms. The molecule has 0 bridgehead atoms. The van der Waals surface area contributed by atoms with Gasteiger partial charge in [-0.05, 0) is 60.2 Å². The molecule has 106 valence electrons. The van der Waals surface area contributed by atoms with E-state index in [0.717, 1.165) is 13.0 Å². The van der Waals surface area contributed by atoms with Crippen LogP contribution >= 0.6 is 11.3 Å². The van der Waals surface area contributed by atoms with Gasteiger partial charge in [0.2, 0.25) is 0 Å². The van der Waals surface area contributed by atoms with Crippen molar-refractivity contribution in [3.63, 3.8) is 0 Å². The van der Waals surface area contributed by atoms with Crippen LogP contribution in [0.4, 0.5) is 0 Å². The van der Waals surface area contributed by atoms with Crippen molar-refractivity contribution in [1.29, 1.82) is 0 Å². The second kappa shape index (κ2) is 6.11. The standard InChI is InChI=1S/C18H23NS/c1-2-11-19-17(13-15-8-12-20-14-15)18(9-10-18)16-6-4-3-5-7-16/h3-8,12,14,17,19H,2,9-11,13H2,1H3. The maximum atomic E-state index is 3.81. The van der Waals surface area contributed by atoms with Gasteiger partial charge < -0.3 is 5.32 Å². The molecule has 1 unspecified atom stereocenters. The number of thiophene rings is 1. The van der Waals surface area contributed by atoms with Gasteiger partial charge in [-0.2, -0.15) is 11.3 Å². The summed E-state index contributed by atoms with van der Waals surface area (Å²) in [5, 5.41) is 8.30. The van der Waals surface area contributed by atoms with Crippen LogP contribution < -0.4 is 5.32 Å². The molecule has 1 N–H and O–H groups in total. The minimum atomic E-state index is 0.373. The van der Waals surface area contributed by atoms with Crippen molar-refractivity contribution < 1.29 is 0 Å². The van der Waals surface area contributed by atoms with Crippen LogP contribution in [0.25, 0.3) is 0 Å². The van der Waals surface area contributed by atoms with E-state index in [0.29, 0.717) is 11.5 Å². The van der Waals surface area contributed by atoms with Gasteiger partial charge in [0.05, 0.1) is 0 Å². The minimum absolute atomic E-state index is 0.373. The van der Waals surface area contributed by atoms with Gasteiger partial charge in [-0.3, -0.25) is 0 Å². The Bertz CT molecular complexity index is 514. The van der Waals surface area contributed by atoms with E-state index in [-0.39, 0.29) is 0 Å². The van der Waals surface area contributed by atoms with Gasteiger partial charge >= 0.3 is 0 Å². The predicted molar refractivity (Wildman–Crippen MR) is 87.5 cm³/mol. The summed E-state index contributed by atoms with van der Waals surface area (Å²) in [7, 11) is 0. The Kier molecular flexibility index (Phi) is 4.23. The Morgan fingerprint density at radius 3 is 2.60 bits per heavy atom. The Balaban J connectivity index is 1.81. The smallest absolute Gasteiger partial charge is 0.0205 e. The van der Waals surface area contributed by atoms with Crippen molar-refractivity contribution in [2.24, 2.45) is 0 Å². The number of hydrogen-bond donors (Lipinski definition) is 1. The minimum Gasteiger partial charge on any atom is -0.313 e.